The molecule has 142 valence electrons. The van der Waals surface area contributed by atoms with E-state index >= 15 is 0 Å². The van der Waals surface area contributed by atoms with Crippen LogP contribution in [0.5, 0.6) is 0 Å². The van der Waals surface area contributed by atoms with Gasteiger partial charge in [-0.25, -0.2) is 4.39 Å². The molecule has 5 heteroatoms. The lowest BCUT2D eigenvalue weighted by Crippen LogP contribution is -2.40. The van der Waals surface area contributed by atoms with Crippen molar-refractivity contribution in [3.8, 4) is 0 Å². The average molecular weight is 372 g/mol. The van der Waals surface area contributed by atoms with Crippen molar-refractivity contribution in [1.29, 1.82) is 0 Å². The fourth-order valence-electron chi connectivity index (χ4n) is 3.15. The highest BCUT2D eigenvalue weighted by Gasteiger charge is 2.28. The smallest absolute Gasteiger partial charge is 0.160 e. The molecule has 0 saturated carbocycles. The lowest BCUT2D eigenvalue weighted by Gasteiger charge is -2.37. The molecular formula is C20H31ClFNO2. The van der Waals surface area contributed by atoms with Gasteiger partial charge in [-0.15, -0.1) is 0 Å². The first-order chi connectivity index (χ1) is 12.2. The van der Waals surface area contributed by atoms with Crippen LogP contribution >= 0.6 is 11.6 Å². The van der Waals surface area contributed by atoms with E-state index in [1.54, 1.807) is 12.1 Å². The summed E-state index contributed by atoms with van der Waals surface area (Å²) in [6.45, 7) is 7.41. The largest absolute Gasteiger partial charge is 0.369 e. The Morgan fingerprint density at radius 1 is 1.12 bits per heavy atom. The number of unbranched alkanes of at least 4 members (excludes halogenated alkanes) is 2. The van der Waals surface area contributed by atoms with Gasteiger partial charge in [-0.1, -0.05) is 38.3 Å². The highest BCUT2D eigenvalue weighted by molar-refractivity contribution is 6.30. The molecular weight excluding hydrogens is 341 g/mol. The van der Waals surface area contributed by atoms with Crippen LogP contribution in [0.3, 0.4) is 0 Å². The Morgan fingerprint density at radius 2 is 1.72 bits per heavy atom. The molecule has 0 spiro atoms. The normalized spacial score (nSPS) is 16.0. The first-order valence-electron chi connectivity index (χ1n) is 9.58. The predicted octanol–water partition coefficient (Wildman–Crippen LogP) is 5.66. The minimum atomic E-state index is -0.210. The zero-order valence-corrected chi connectivity index (χ0v) is 16.2. The fraction of sp³-hybridized carbons (Fsp3) is 0.700. The van der Waals surface area contributed by atoms with Gasteiger partial charge in [-0.2, -0.15) is 0 Å². The molecule has 0 amide bonds. The van der Waals surface area contributed by atoms with Crippen molar-refractivity contribution in [1.82, 2.24) is 0 Å². The molecule has 1 heterocycles. The van der Waals surface area contributed by atoms with Gasteiger partial charge in [0.2, 0.25) is 0 Å². The Morgan fingerprint density at radius 3 is 2.28 bits per heavy atom. The van der Waals surface area contributed by atoms with E-state index in [1.165, 1.54) is 6.07 Å². The summed E-state index contributed by atoms with van der Waals surface area (Å²) in [6.07, 6.45) is 6.09. The summed E-state index contributed by atoms with van der Waals surface area (Å²) >= 11 is 6.02. The molecule has 3 nitrogen and oxygen atoms in total. The second kappa shape index (κ2) is 11.0. The number of anilines is 1. The van der Waals surface area contributed by atoms with Crippen LogP contribution in [0.1, 0.15) is 52.4 Å². The molecule has 1 fully saturated rings. The van der Waals surface area contributed by atoms with E-state index in [2.05, 4.69) is 18.7 Å². The van der Waals surface area contributed by atoms with Crippen LogP contribution in [0.15, 0.2) is 18.2 Å². The van der Waals surface area contributed by atoms with Crippen LogP contribution in [0.4, 0.5) is 10.1 Å². The van der Waals surface area contributed by atoms with Crippen molar-refractivity contribution >= 4 is 17.3 Å². The Hall–Kier alpha value is -0.840. The summed E-state index contributed by atoms with van der Waals surface area (Å²) in [5, 5.41) is 0.571. The number of benzene rings is 1. The van der Waals surface area contributed by atoms with E-state index in [1.807, 2.05) is 0 Å². The maximum absolute atomic E-state index is 14.1. The lowest BCUT2D eigenvalue weighted by atomic mass is 9.95. The van der Waals surface area contributed by atoms with E-state index in [0.29, 0.717) is 16.6 Å². The highest BCUT2D eigenvalue weighted by Crippen LogP contribution is 2.30. The van der Waals surface area contributed by atoms with E-state index in [4.69, 9.17) is 21.1 Å². The van der Waals surface area contributed by atoms with Gasteiger partial charge >= 0.3 is 0 Å². The standard InChI is InChI=1S/C20H31ClFNO2/c1-3-5-13-24-20(25-14-6-4-2)16-9-11-23(12-10-16)19-15-17(21)7-8-18(19)22/h7-8,15-16,20H,3-6,9-14H2,1-2H3. The number of nitrogens with zero attached hydrogens (tertiary/aromatic N) is 1. The number of ether oxygens (including phenoxy) is 2. The predicted molar refractivity (Wildman–Crippen MR) is 102 cm³/mol. The molecule has 1 saturated heterocycles. The first kappa shape index (κ1) is 20.5. The zero-order chi connectivity index (χ0) is 18.1. The minimum absolute atomic E-state index is 0.135. The van der Waals surface area contributed by atoms with Crippen LogP contribution in [-0.4, -0.2) is 32.6 Å². The molecule has 25 heavy (non-hydrogen) atoms. The molecule has 0 aliphatic carbocycles. The summed E-state index contributed by atoms with van der Waals surface area (Å²) in [4.78, 5) is 2.08. The molecule has 1 aliphatic heterocycles. The maximum atomic E-state index is 14.1. The third kappa shape index (κ3) is 6.43. The molecule has 0 unspecified atom stereocenters. The number of halogens is 2. The third-order valence-corrected chi connectivity index (χ3v) is 4.97. The molecule has 0 bridgehead atoms. The Balaban J connectivity index is 1.90. The van der Waals surface area contributed by atoms with E-state index in [-0.39, 0.29) is 12.1 Å². The minimum Gasteiger partial charge on any atom is -0.369 e. The Kier molecular flexibility index (Phi) is 9.00. The fourth-order valence-corrected chi connectivity index (χ4v) is 3.31. The Labute approximate surface area is 156 Å². The number of rotatable bonds is 10. The van der Waals surface area contributed by atoms with Gasteiger partial charge in [0, 0.05) is 37.2 Å². The molecule has 0 N–H and O–H groups in total. The summed E-state index contributed by atoms with van der Waals surface area (Å²) in [7, 11) is 0. The van der Waals surface area contributed by atoms with Gasteiger partial charge in [0.15, 0.2) is 6.29 Å². The first-order valence-corrected chi connectivity index (χ1v) is 9.96. The van der Waals surface area contributed by atoms with Crippen molar-refractivity contribution in [3.63, 3.8) is 0 Å². The maximum Gasteiger partial charge on any atom is 0.160 e. The van der Waals surface area contributed by atoms with Crippen LogP contribution in [0.25, 0.3) is 0 Å². The van der Waals surface area contributed by atoms with Gasteiger partial charge < -0.3 is 14.4 Å². The van der Waals surface area contributed by atoms with Crippen LogP contribution in [0.2, 0.25) is 5.02 Å². The highest BCUT2D eigenvalue weighted by atomic mass is 35.5. The van der Waals surface area contributed by atoms with Crippen LogP contribution in [0, 0.1) is 11.7 Å². The molecule has 0 aromatic heterocycles. The van der Waals surface area contributed by atoms with Crippen LogP contribution in [-0.2, 0) is 9.47 Å². The summed E-state index contributed by atoms with van der Waals surface area (Å²) < 4.78 is 26.1. The van der Waals surface area contributed by atoms with Crippen molar-refractivity contribution in [2.24, 2.45) is 5.92 Å². The van der Waals surface area contributed by atoms with Gasteiger partial charge in [-0.3, -0.25) is 0 Å². The second-order valence-corrected chi connectivity index (χ2v) is 7.17. The molecule has 2 rings (SSSR count). The monoisotopic (exact) mass is 371 g/mol. The lowest BCUT2D eigenvalue weighted by molar-refractivity contribution is -0.177. The summed E-state index contributed by atoms with van der Waals surface area (Å²) in [5.41, 5.74) is 0.598. The third-order valence-electron chi connectivity index (χ3n) is 4.73. The molecule has 0 radical (unpaired) electrons. The van der Waals surface area contributed by atoms with E-state index in [0.717, 1.165) is 64.8 Å². The molecule has 1 aliphatic rings. The topological polar surface area (TPSA) is 21.7 Å². The van der Waals surface area contributed by atoms with Crippen molar-refractivity contribution in [2.45, 2.75) is 58.7 Å². The van der Waals surface area contributed by atoms with Crippen LogP contribution < -0.4 is 4.90 Å². The molecule has 0 atom stereocenters. The van der Waals surface area contributed by atoms with Gasteiger partial charge in [0.05, 0.1) is 5.69 Å². The van der Waals surface area contributed by atoms with Crippen molar-refractivity contribution in [2.75, 3.05) is 31.2 Å². The quantitative estimate of drug-likeness (QED) is 0.391. The Bertz CT molecular complexity index is 496. The van der Waals surface area contributed by atoms with Gasteiger partial charge in [-0.05, 0) is 43.9 Å². The SMILES string of the molecule is CCCCOC(OCCCC)C1CCN(c2cc(Cl)ccc2F)CC1. The van der Waals surface area contributed by atoms with Crippen molar-refractivity contribution in [3.05, 3.63) is 29.0 Å². The zero-order valence-electron chi connectivity index (χ0n) is 15.5. The number of hydrogen-bond acceptors (Lipinski definition) is 3. The molecule has 1 aromatic rings. The number of hydrogen-bond donors (Lipinski definition) is 0. The average Bonchev–Trinajstić information content (AvgIpc) is 2.63. The van der Waals surface area contributed by atoms with E-state index in [9.17, 15) is 4.39 Å². The molecule has 1 aromatic carbocycles. The summed E-state index contributed by atoms with van der Waals surface area (Å²) in [5.74, 6) is 0.157. The van der Waals surface area contributed by atoms with Gasteiger partial charge in [0.25, 0.3) is 0 Å². The number of piperidine rings is 1. The summed E-state index contributed by atoms with van der Waals surface area (Å²) in [6, 6.07) is 4.74. The van der Waals surface area contributed by atoms with E-state index < -0.39 is 0 Å². The second-order valence-electron chi connectivity index (χ2n) is 6.74. The van der Waals surface area contributed by atoms with Crippen molar-refractivity contribution < 1.29 is 13.9 Å². The van der Waals surface area contributed by atoms with Gasteiger partial charge in [0.1, 0.15) is 5.82 Å².